The van der Waals surface area contributed by atoms with E-state index in [0.717, 1.165) is 6.07 Å². The molecule has 0 aliphatic carbocycles. The number of rotatable bonds is 6. The van der Waals surface area contributed by atoms with Crippen molar-refractivity contribution < 1.29 is 12.8 Å². The van der Waals surface area contributed by atoms with Gasteiger partial charge in [0.15, 0.2) is 11.6 Å². The summed E-state index contributed by atoms with van der Waals surface area (Å²) in [4.78, 5) is 12.5. The highest BCUT2D eigenvalue weighted by atomic mass is 32.2. The fraction of sp³-hybridized carbons (Fsp3) is 0.188. The molecule has 2 aromatic heterocycles. The van der Waals surface area contributed by atoms with Crippen LogP contribution in [0.25, 0.3) is 11.6 Å². The van der Waals surface area contributed by atoms with Crippen molar-refractivity contribution >= 4 is 10.0 Å². The summed E-state index contributed by atoms with van der Waals surface area (Å²) in [7, 11) is -3.72. The Balaban J connectivity index is 1.70. The molecule has 9 heteroatoms. The second-order valence-corrected chi connectivity index (χ2v) is 7.06. The van der Waals surface area contributed by atoms with Gasteiger partial charge in [-0.2, -0.15) is 0 Å². The van der Waals surface area contributed by atoms with Crippen molar-refractivity contribution in [3.63, 3.8) is 0 Å². The summed E-state index contributed by atoms with van der Waals surface area (Å²) in [5.74, 6) is 0.546. The number of nitrogens with zero attached hydrogens (tertiary/aromatic N) is 4. The Labute approximate surface area is 144 Å². The molecule has 7 nitrogen and oxygen atoms in total. The van der Waals surface area contributed by atoms with E-state index in [1.165, 1.54) is 12.1 Å². The van der Waals surface area contributed by atoms with Gasteiger partial charge in [-0.3, -0.25) is 0 Å². The number of hydrogen-bond acceptors (Lipinski definition) is 5. The van der Waals surface area contributed by atoms with Crippen molar-refractivity contribution in [3.05, 3.63) is 60.4 Å². The SMILES string of the molecule is Cc1cc(F)ccc1S(=O)(=O)NCCn1ccnc1-c1ncccn1. The van der Waals surface area contributed by atoms with Gasteiger partial charge in [0.25, 0.3) is 0 Å². The number of aryl methyl sites for hydroxylation is 1. The van der Waals surface area contributed by atoms with Gasteiger partial charge in [0.2, 0.25) is 10.0 Å². The minimum absolute atomic E-state index is 0.0612. The average Bonchev–Trinajstić information content (AvgIpc) is 3.03. The van der Waals surface area contributed by atoms with Crippen LogP contribution in [0.15, 0.2) is 53.9 Å². The predicted octanol–water partition coefficient (Wildman–Crippen LogP) is 1.77. The molecule has 0 unspecified atom stereocenters. The summed E-state index contributed by atoms with van der Waals surface area (Å²) in [5.41, 5.74) is 0.355. The lowest BCUT2D eigenvalue weighted by molar-refractivity contribution is 0.571. The molecule has 0 aliphatic rings. The van der Waals surface area contributed by atoms with Crippen LogP contribution in [0, 0.1) is 12.7 Å². The predicted molar refractivity (Wildman–Crippen MR) is 89.6 cm³/mol. The third-order valence-electron chi connectivity index (χ3n) is 3.55. The van der Waals surface area contributed by atoms with Gasteiger partial charge >= 0.3 is 0 Å². The van der Waals surface area contributed by atoms with Crippen molar-refractivity contribution in [2.24, 2.45) is 0 Å². The Hall–Kier alpha value is -2.65. The molecule has 1 aromatic carbocycles. The summed E-state index contributed by atoms with van der Waals surface area (Å²) in [6, 6.07) is 5.28. The fourth-order valence-corrected chi connectivity index (χ4v) is 3.65. The van der Waals surface area contributed by atoms with Crippen LogP contribution in [0.1, 0.15) is 5.56 Å². The second-order valence-electron chi connectivity index (χ2n) is 5.32. The average molecular weight is 361 g/mol. The first-order valence-corrected chi connectivity index (χ1v) is 9.00. The first-order chi connectivity index (χ1) is 12.0. The van der Waals surface area contributed by atoms with E-state index in [1.54, 1.807) is 42.3 Å². The topological polar surface area (TPSA) is 89.8 Å². The molecule has 3 aromatic rings. The molecule has 0 bridgehead atoms. The maximum absolute atomic E-state index is 13.1. The van der Waals surface area contributed by atoms with Crippen LogP contribution in [0.3, 0.4) is 0 Å². The van der Waals surface area contributed by atoms with E-state index in [9.17, 15) is 12.8 Å². The summed E-state index contributed by atoms with van der Waals surface area (Å²) >= 11 is 0. The highest BCUT2D eigenvalue weighted by Gasteiger charge is 2.17. The maximum Gasteiger partial charge on any atom is 0.240 e. The standard InChI is InChI=1S/C16H16FN5O2S/c1-12-11-13(17)3-4-14(12)25(23,24)21-8-10-22-9-7-20-16(22)15-18-5-2-6-19-15/h2-7,9,11,21H,8,10H2,1H3. The zero-order valence-corrected chi connectivity index (χ0v) is 14.2. The lowest BCUT2D eigenvalue weighted by Gasteiger charge is -2.11. The minimum atomic E-state index is -3.72. The Morgan fingerprint density at radius 1 is 1.16 bits per heavy atom. The van der Waals surface area contributed by atoms with Crippen LogP contribution in [-0.2, 0) is 16.6 Å². The van der Waals surface area contributed by atoms with Crippen LogP contribution in [-0.4, -0.2) is 34.5 Å². The van der Waals surface area contributed by atoms with Crippen molar-refractivity contribution in [2.45, 2.75) is 18.4 Å². The maximum atomic E-state index is 13.1. The molecule has 0 saturated heterocycles. The molecule has 0 saturated carbocycles. The molecular formula is C16H16FN5O2S. The third kappa shape index (κ3) is 3.89. The molecule has 130 valence electrons. The number of sulfonamides is 1. The van der Waals surface area contributed by atoms with Crippen LogP contribution in [0.5, 0.6) is 0 Å². The van der Waals surface area contributed by atoms with Gasteiger partial charge in [-0.1, -0.05) is 0 Å². The highest BCUT2D eigenvalue weighted by Crippen LogP contribution is 2.16. The molecule has 0 aliphatic heterocycles. The number of nitrogens with one attached hydrogen (secondary N) is 1. The highest BCUT2D eigenvalue weighted by molar-refractivity contribution is 7.89. The Bertz CT molecular complexity index is 973. The molecule has 2 heterocycles. The number of halogens is 1. The van der Waals surface area contributed by atoms with Gasteiger partial charge < -0.3 is 4.57 Å². The van der Waals surface area contributed by atoms with Gasteiger partial charge in [-0.05, 0) is 36.8 Å². The lowest BCUT2D eigenvalue weighted by Crippen LogP contribution is -2.28. The zero-order chi connectivity index (χ0) is 17.9. The van der Waals surface area contributed by atoms with Gasteiger partial charge in [0.1, 0.15) is 5.82 Å². The lowest BCUT2D eigenvalue weighted by atomic mass is 10.2. The van der Waals surface area contributed by atoms with Crippen LogP contribution >= 0.6 is 0 Å². The molecule has 0 radical (unpaired) electrons. The summed E-state index contributed by atoms with van der Waals surface area (Å²) < 4.78 is 42.1. The summed E-state index contributed by atoms with van der Waals surface area (Å²) in [6.07, 6.45) is 6.55. The summed E-state index contributed by atoms with van der Waals surface area (Å²) in [5, 5.41) is 0. The number of hydrogen-bond donors (Lipinski definition) is 1. The molecule has 0 fully saturated rings. The quantitative estimate of drug-likeness (QED) is 0.723. The van der Waals surface area contributed by atoms with Crippen molar-refractivity contribution in [1.29, 1.82) is 0 Å². The monoisotopic (exact) mass is 361 g/mol. The van der Waals surface area contributed by atoms with Gasteiger partial charge in [0, 0.05) is 37.9 Å². The summed E-state index contributed by atoms with van der Waals surface area (Å²) in [6.45, 7) is 2.06. The number of imidazole rings is 1. The molecule has 3 rings (SSSR count). The fourth-order valence-electron chi connectivity index (χ4n) is 2.40. The zero-order valence-electron chi connectivity index (χ0n) is 13.4. The van der Waals surface area contributed by atoms with E-state index in [4.69, 9.17) is 0 Å². The Morgan fingerprint density at radius 3 is 2.64 bits per heavy atom. The van der Waals surface area contributed by atoms with Crippen LogP contribution in [0.2, 0.25) is 0 Å². The van der Waals surface area contributed by atoms with Gasteiger partial charge in [-0.25, -0.2) is 32.5 Å². The first kappa shape index (κ1) is 17.2. The number of aromatic nitrogens is 4. The van der Waals surface area contributed by atoms with E-state index in [2.05, 4.69) is 19.7 Å². The van der Waals surface area contributed by atoms with Gasteiger partial charge in [-0.15, -0.1) is 0 Å². The van der Waals surface area contributed by atoms with Crippen molar-refractivity contribution in [3.8, 4) is 11.6 Å². The molecule has 1 N–H and O–H groups in total. The van der Waals surface area contributed by atoms with E-state index >= 15 is 0 Å². The Morgan fingerprint density at radius 2 is 1.92 bits per heavy atom. The number of benzene rings is 1. The molecule has 0 spiro atoms. The second kappa shape index (κ2) is 7.08. The van der Waals surface area contributed by atoms with Crippen molar-refractivity contribution in [2.75, 3.05) is 6.54 Å². The van der Waals surface area contributed by atoms with E-state index in [1.807, 2.05) is 0 Å². The van der Waals surface area contributed by atoms with Gasteiger partial charge in [0.05, 0.1) is 4.90 Å². The molecule has 0 amide bonds. The normalized spacial score (nSPS) is 11.6. The molecule has 0 atom stereocenters. The van der Waals surface area contributed by atoms with E-state index in [-0.39, 0.29) is 11.4 Å². The first-order valence-electron chi connectivity index (χ1n) is 7.52. The van der Waals surface area contributed by atoms with Crippen LogP contribution in [0.4, 0.5) is 4.39 Å². The van der Waals surface area contributed by atoms with E-state index in [0.29, 0.717) is 23.8 Å². The van der Waals surface area contributed by atoms with E-state index < -0.39 is 15.8 Å². The largest absolute Gasteiger partial charge is 0.327 e. The molecular weight excluding hydrogens is 345 g/mol. The smallest absolute Gasteiger partial charge is 0.240 e. The van der Waals surface area contributed by atoms with Crippen molar-refractivity contribution in [1.82, 2.24) is 24.2 Å². The minimum Gasteiger partial charge on any atom is -0.327 e. The third-order valence-corrected chi connectivity index (χ3v) is 5.17. The van der Waals surface area contributed by atoms with Crippen LogP contribution < -0.4 is 4.72 Å². The Kier molecular flexibility index (Phi) is 4.86. The molecule has 25 heavy (non-hydrogen) atoms.